The molecule has 1 fully saturated rings. The molecule has 2 nitrogen and oxygen atoms in total. The summed E-state index contributed by atoms with van der Waals surface area (Å²) in [5, 5.41) is 10.8. The number of fused-ring (bicyclic) bond motifs is 1. The van der Waals surface area contributed by atoms with Gasteiger partial charge in [0.25, 0.3) is 0 Å². The molecule has 1 aliphatic heterocycles. The Kier molecular flexibility index (Phi) is 3.87. The molecule has 2 aliphatic rings. The maximum Gasteiger partial charge on any atom is 0.0947 e. The number of piperidine rings is 1. The third-order valence-corrected chi connectivity index (χ3v) is 5.30. The van der Waals surface area contributed by atoms with Crippen LogP contribution >= 0.6 is 0 Å². The molecule has 0 amide bonds. The zero-order valence-corrected chi connectivity index (χ0v) is 12.8. The van der Waals surface area contributed by atoms with Gasteiger partial charge in [-0.3, -0.25) is 4.90 Å². The molecular weight excluding hydrogens is 246 g/mol. The molecule has 1 aliphatic carbocycles. The molecule has 2 unspecified atom stereocenters. The molecule has 1 saturated heterocycles. The van der Waals surface area contributed by atoms with Crippen LogP contribution in [0.1, 0.15) is 56.8 Å². The van der Waals surface area contributed by atoms with Crippen molar-refractivity contribution in [2.75, 3.05) is 13.1 Å². The van der Waals surface area contributed by atoms with Gasteiger partial charge in [-0.1, -0.05) is 38.1 Å². The van der Waals surface area contributed by atoms with E-state index in [1.807, 2.05) is 0 Å². The second-order valence-corrected chi connectivity index (χ2v) is 7.30. The summed E-state index contributed by atoms with van der Waals surface area (Å²) in [4.78, 5) is 2.54. The van der Waals surface area contributed by atoms with Crippen LogP contribution in [0.25, 0.3) is 0 Å². The topological polar surface area (TPSA) is 23.5 Å². The van der Waals surface area contributed by atoms with Crippen molar-refractivity contribution in [2.45, 2.75) is 58.1 Å². The highest BCUT2D eigenvalue weighted by molar-refractivity contribution is 5.31. The van der Waals surface area contributed by atoms with E-state index in [0.717, 1.165) is 25.9 Å². The number of aliphatic hydroxyl groups excluding tert-OH is 1. The van der Waals surface area contributed by atoms with Crippen LogP contribution in [0, 0.1) is 5.41 Å². The van der Waals surface area contributed by atoms with Gasteiger partial charge < -0.3 is 5.11 Å². The summed E-state index contributed by atoms with van der Waals surface area (Å²) < 4.78 is 0. The minimum Gasteiger partial charge on any atom is -0.387 e. The predicted octanol–water partition coefficient (Wildman–Crippen LogP) is 3.55. The van der Waals surface area contributed by atoms with Crippen molar-refractivity contribution < 1.29 is 5.11 Å². The van der Waals surface area contributed by atoms with Gasteiger partial charge in [0.1, 0.15) is 0 Å². The fourth-order valence-electron chi connectivity index (χ4n) is 3.76. The molecular formula is C18H27NO. The first-order chi connectivity index (χ1) is 9.57. The minimum absolute atomic E-state index is 0.310. The van der Waals surface area contributed by atoms with E-state index in [1.165, 1.54) is 30.4 Å². The van der Waals surface area contributed by atoms with Crippen LogP contribution in [0.3, 0.4) is 0 Å². The van der Waals surface area contributed by atoms with Gasteiger partial charge in [-0.05, 0) is 61.7 Å². The van der Waals surface area contributed by atoms with Crippen molar-refractivity contribution in [3.63, 3.8) is 0 Å². The Morgan fingerprint density at radius 2 is 1.85 bits per heavy atom. The Morgan fingerprint density at radius 3 is 2.60 bits per heavy atom. The summed E-state index contributed by atoms with van der Waals surface area (Å²) in [6, 6.07) is 8.76. The number of nitrogens with zero attached hydrogens (tertiary/aromatic N) is 1. The van der Waals surface area contributed by atoms with Crippen LogP contribution in [0.5, 0.6) is 0 Å². The molecule has 0 bridgehead atoms. The number of hydrogen-bond acceptors (Lipinski definition) is 2. The van der Waals surface area contributed by atoms with Gasteiger partial charge >= 0.3 is 0 Å². The maximum atomic E-state index is 10.8. The molecule has 1 heterocycles. The van der Waals surface area contributed by atoms with E-state index in [0.29, 0.717) is 11.5 Å². The Hall–Kier alpha value is -0.860. The van der Waals surface area contributed by atoms with Gasteiger partial charge in [0.15, 0.2) is 0 Å². The lowest BCUT2D eigenvalue weighted by atomic mass is 9.81. The van der Waals surface area contributed by atoms with Gasteiger partial charge in [-0.15, -0.1) is 0 Å². The first-order valence-electron chi connectivity index (χ1n) is 8.07. The monoisotopic (exact) mass is 273 g/mol. The van der Waals surface area contributed by atoms with Crippen LogP contribution in [-0.4, -0.2) is 29.1 Å². The lowest BCUT2D eigenvalue weighted by Crippen LogP contribution is -2.46. The minimum atomic E-state index is -0.310. The average molecular weight is 273 g/mol. The van der Waals surface area contributed by atoms with E-state index in [9.17, 15) is 5.11 Å². The molecule has 0 spiro atoms. The van der Waals surface area contributed by atoms with E-state index in [4.69, 9.17) is 0 Å². The summed E-state index contributed by atoms with van der Waals surface area (Å²) in [6.07, 6.45) is 5.61. The molecule has 0 saturated carbocycles. The Morgan fingerprint density at radius 1 is 1.15 bits per heavy atom. The maximum absolute atomic E-state index is 10.8. The summed E-state index contributed by atoms with van der Waals surface area (Å²) in [5.74, 6) is 0. The van der Waals surface area contributed by atoms with Gasteiger partial charge in [-0.25, -0.2) is 0 Å². The second kappa shape index (κ2) is 5.50. The van der Waals surface area contributed by atoms with Crippen LogP contribution in [0.15, 0.2) is 24.3 Å². The van der Waals surface area contributed by atoms with Gasteiger partial charge in [-0.2, -0.15) is 0 Å². The van der Waals surface area contributed by atoms with E-state index in [1.54, 1.807) is 0 Å². The summed E-state index contributed by atoms with van der Waals surface area (Å²) in [7, 11) is 0. The average Bonchev–Trinajstić information content (AvgIpc) is 2.59. The van der Waals surface area contributed by atoms with E-state index in [-0.39, 0.29) is 6.10 Å². The molecule has 0 radical (unpaired) electrons. The quantitative estimate of drug-likeness (QED) is 0.791. The molecule has 110 valence electrons. The molecule has 2 atom stereocenters. The molecule has 20 heavy (non-hydrogen) atoms. The molecule has 1 aromatic rings. The predicted molar refractivity (Wildman–Crippen MR) is 82.7 cm³/mol. The van der Waals surface area contributed by atoms with Crippen LogP contribution < -0.4 is 0 Å². The third kappa shape index (κ3) is 2.77. The lowest BCUT2D eigenvalue weighted by molar-refractivity contribution is 0.0122. The normalized spacial score (nSPS) is 30.6. The Labute approximate surface area is 122 Å². The number of aryl methyl sites for hydroxylation is 1. The molecule has 1 aromatic carbocycles. The first-order valence-corrected chi connectivity index (χ1v) is 8.07. The smallest absolute Gasteiger partial charge is 0.0947 e. The number of hydrogen-bond donors (Lipinski definition) is 1. The number of likely N-dealkylation sites (tertiary alicyclic amines) is 1. The Bertz CT molecular complexity index is 458. The van der Waals surface area contributed by atoms with Gasteiger partial charge in [0, 0.05) is 6.04 Å². The number of aliphatic hydroxyl groups is 1. The molecule has 1 N–H and O–H groups in total. The molecule has 2 heteroatoms. The fourth-order valence-corrected chi connectivity index (χ4v) is 3.76. The Balaban J connectivity index is 1.78. The summed E-state index contributed by atoms with van der Waals surface area (Å²) >= 11 is 0. The van der Waals surface area contributed by atoms with Crippen molar-refractivity contribution in [3.8, 4) is 0 Å². The summed E-state index contributed by atoms with van der Waals surface area (Å²) in [5.41, 5.74) is 2.99. The molecule has 0 aromatic heterocycles. The first kappa shape index (κ1) is 14.1. The van der Waals surface area contributed by atoms with E-state index < -0.39 is 0 Å². The number of rotatable bonds is 1. The zero-order chi connectivity index (χ0) is 14.2. The van der Waals surface area contributed by atoms with Crippen LogP contribution in [-0.2, 0) is 6.42 Å². The SMILES string of the molecule is CC1(C)CCN(C2CCCc3ccccc3C2O)CC1. The highest BCUT2D eigenvalue weighted by atomic mass is 16.3. The zero-order valence-electron chi connectivity index (χ0n) is 12.8. The van der Waals surface area contributed by atoms with Gasteiger partial charge in [0.2, 0.25) is 0 Å². The third-order valence-electron chi connectivity index (χ3n) is 5.30. The number of benzene rings is 1. The van der Waals surface area contributed by atoms with Crippen molar-refractivity contribution in [2.24, 2.45) is 5.41 Å². The summed E-state index contributed by atoms with van der Waals surface area (Å²) in [6.45, 7) is 7.00. The van der Waals surface area contributed by atoms with Crippen LogP contribution in [0.4, 0.5) is 0 Å². The highest BCUT2D eigenvalue weighted by Crippen LogP contribution is 2.36. The lowest BCUT2D eigenvalue weighted by Gasteiger charge is -2.42. The van der Waals surface area contributed by atoms with Crippen molar-refractivity contribution in [3.05, 3.63) is 35.4 Å². The van der Waals surface area contributed by atoms with Crippen molar-refractivity contribution >= 4 is 0 Å². The fraction of sp³-hybridized carbons (Fsp3) is 0.667. The van der Waals surface area contributed by atoms with Gasteiger partial charge in [0.05, 0.1) is 6.10 Å². The van der Waals surface area contributed by atoms with Crippen LogP contribution in [0.2, 0.25) is 0 Å². The van der Waals surface area contributed by atoms with E-state index >= 15 is 0 Å². The second-order valence-electron chi connectivity index (χ2n) is 7.30. The van der Waals surface area contributed by atoms with Crippen molar-refractivity contribution in [1.29, 1.82) is 0 Å². The highest BCUT2D eigenvalue weighted by Gasteiger charge is 2.34. The van der Waals surface area contributed by atoms with E-state index in [2.05, 4.69) is 43.0 Å². The largest absolute Gasteiger partial charge is 0.387 e. The molecule has 3 rings (SSSR count). The standard InChI is InChI=1S/C18H27NO/c1-18(2)10-12-19(13-11-18)16-9-5-7-14-6-3-4-8-15(14)17(16)20/h3-4,6,8,16-17,20H,5,7,9-13H2,1-2H3. The van der Waals surface area contributed by atoms with Crippen molar-refractivity contribution in [1.82, 2.24) is 4.90 Å².